The van der Waals surface area contributed by atoms with Gasteiger partial charge in [0.2, 0.25) is 0 Å². The number of nitrogen functional groups attached to an aromatic ring is 1. The van der Waals surface area contributed by atoms with Crippen molar-refractivity contribution in [2.75, 3.05) is 25.4 Å². The van der Waals surface area contributed by atoms with Crippen LogP contribution in [0, 0.1) is 0 Å². The molecule has 19 heavy (non-hydrogen) atoms. The maximum Gasteiger partial charge on any atom is 0.257 e. The molecule has 1 aliphatic rings. The summed E-state index contributed by atoms with van der Waals surface area (Å²) in [5.41, 5.74) is 5.93. The molecule has 2 unspecified atom stereocenters. The molecular weight excluding hydrogens is 248 g/mol. The van der Waals surface area contributed by atoms with Gasteiger partial charge in [-0.2, -0.15) is 0 Å². The van der Waals surface area contributed by atoms with E-state index in [2.05, 4.69) is 0 Å². The van der Waals surface area contributed by atoms with Crippen molar-refractivity contribution in [3.8, 4) is 5.75 Å². The molecule has 0 bridgehead atoms. The van der Waals surface area contributed by atoms with Gasteiger partial charge in [-0.25, -0.2) is 0 Å². The number of aromatic hydroxyl groups is 1. The summed E-state index contributed by atoms with van der Waals surface area (Å²) in [6, 6.07) is 4.68. The highest BCUT2D eigenvalue weighted by Crippen LogP contribution is 2.26. The van der Waals surface area contributed by atoms with Gasteiger partial charge in [-0.15, -0.1) is 0 Å². The average Bonchev–Trinajstić information content (AvgIpc) is 2.40. The smallest absolute Gasteiger partial charge is 0.257 e. The van der Waals surface area contributed by atoms with E-state index < -0.39 is 6.10 Å². The Labute approximate surface area is 111 Å². The number of rotatable bonds is 2. The Balaban J connectivity index is 2.21. The zero-order chi connectivity index (χ0) is 14.0. The molecule has 104 valence electrons. The average molecular weight is 266 g/mol. The summed E-state index contributed by atoms with van der Waals surface area (Å²) in [5.74, 6) is -0.509. The molecule has 1 aromatic carbocycles. The van der Waals surface area contributed by atoms with Crippen molar-refractivity contribution in [2.45, 2.75) is 19.1 Å². The number of hydrogen-bond donors (Lipinski definition) is 3. The molecule has 2 rings (SSSR count). The van der Waals surface area contributed by atoms with Gasteiger partial charge in [0.15, 0.2) is 5.75 Å². The molecule has 1 saturated heterocycles. The predicted octanol–water partition coefficient (Wildman–Crippen LogP) is 0.196. The van der Waals surface area contributed by atoms with E-state index in [0.717, 1.165) is 0 Å². The number of para-hydroxylation sites is 1. The van der Waals surface area contributed by atoms with Crippen LogP contribution in [0.25, 0.3) is 0 Å². The number of hydrogen-bond acceptors (Lipinski definition) is 5. The third kappa shape index (κ3) is 2.80. The number of phenolic OH excluding ortho intramolecular Hbond substituents is 1. The fourth-order valence-electron chi connectivity index (χ4n) is 2.22. The van der Waals surface area contributed by atoms with Crippen molar-refractivity contribution in [3.05, 3.63) is 23.8 Å². The van der Waals surface area contributed by atoms with Crippen molar-refractivity contribution >= 4 is 11.6 Å². The van der Waals surface area contributed by atoms with Gasteiger partial charge in [0, 0.05) is 13.1 Å². The molecule has 1 aromatic rings. The Bertz CT molecular complexity index is 478. The number of carbonyl (C=O) groups is 1. The second-order valence-electron chi connectivity index (χ2n) is 4.70. The molecular formula is C13H18N2O4. The zero-order valence-corrected chi connectivity index (χ0v) is 10.7. The number of nitrogens with zero attached hydrogens (tertiary/aromatic N) is 1. The van der Waals surface area contributed by atoms with Gasteiger partial charge in [-0.1, -0.05) is 6.07 Å². The van der Waals surface area contributed by atoms with Crippen LogP contribution in [-0.4, -0.2) is 52.9 Å². The lowest BCUT2D eigenvalue weighted by atomic mass is 10.1. The molecule has 1 amide bonds. The largest absolute Gasteiger partial charge is 0.505 e. The normalized spacial score (nSPS) is 23.4. The third-order valence-corrected chi connectivity index (χ3v) is 3.11. The van der Waals surface area contributed by atoms with Crippen LogP contribution in [0.5, 0.6) is 5.75 Å². The maximum absolute atomic E-state index is 12.4. The topological polar surface area (TPSA) is 96.0 Å². The number of amides is 1. The molecule has 0 radical (unpaired) electrons. The summed E-state index contributed by atoms with van der Waals surface area (Å²) in [6.45, 7) is 2.41. The zero-order valence-electron chi connectivity index (χ0n) is 10.7. The van der Waals surface area contributed by atoms with Crippen molar-refractivity contribution in [3.63, 3.8) is 0 Å². The maximum atomic E-state index is 12.4. The molecule has 0 aliphatic carbocycles. The van der Waals surface area contributed by atoms with Crippen molar-refractivity contribution in [1.29, 1.82) is 0 Å². The van der Waals surface area contributed by atoms with Crippen LogP contribution < -0.4 is 5.73 Å². The molecule has 1 heterocycles. The predicted molar refractivity (Wildman–Crippen MR) is 69.8 cm³/mol. The number of carbonyl (C=O) groups excluding carboxylic acids is 1. The minimum Gasteiger partial charge on any atom is -0.505 e. The highest BCUT2D eigenvalue weighted by Gasteiger charge is 2.29. The third-order valence-electron chi connectivity index (χ3n) is 3.11. The van der Waals surface area contributed by atoms with E-state index in [9.17, 15) is 9.90 Å². The summed E-state index contributed by atoms with van der Waals surface area (Å²) in [7, 11) is 0. The Morgan fingerprint density at radius 1 is 1.53 bits per heavy atom. The number of aliphatic hydroxyl groups excluding tert-OH is 1. The number of anilines is 1. The molecule has 0 saturated carbocycles. The lowest BCUT2D eigenvalue weighted by Crippen LogP contribution is -2.50. The summed E-state index contributed by atoms with van der Waals surface area (Å²) in [5, 5.41) is 19.0. The number of benzene rings is 1. The van der Waals surface area contributed by atoms with E-state index in [1.54, 1.807) is 11.0 Å². The van der Waals surface area contributed by atoms with Crippen LogP contribution in [0.15, 0.2) is 18.2 Å². The molecule has 6 heteroatoms. The Kier molecular flexibility index (Phi) is 3.92. The van der Waals surface area contributed by atoms with Crippen LogP contribution in [0.4, 0.5) is 5.69 Å². The SMILES string of the molecule is CC1CN(C(=O)c2cccc(N)c2O)CC(CO)O1. The number of phenols is 1. The van der Waals surface area contributed by atoms with Gasteiger partial charge in [0.25, 0.3) is 5.91 Å². The summed E-state index contributed by atoms with van der Waals surface area (Å²) < 4.78 is 5.47. The first-order valence-electron chi connectivity index (χ1n) is 6.16. The van der Waals surface area contributed by atoms with Crippen molar-refractivity contribution in [1.82, 2.24) is 4.90 Å². The first-order chi connectivity index (χ1) is 9.02. The summed E-state index contributed by atoms with van der Waals surface area (Å²) in [6.07, 6.45) is -0.547. The second kappa shape index (κ2) is 5.46. The van der Waals surface area contributed by atoms with Gasteiger partial charge in [0.05, 0.1) is 30.1 Å². The van der Waals surface area contributed by atoms with Crippen LogP contribution in [-0.2, 0) is 4.74 Å². The molecule has 0 spiro atoms. The minimum atomic E-state index is -0.393. The lowest BCUT2D eigenvalue weighted by molar-refractivity contribution is -0.0859. The number of ether oxygens (including phenoxy) is 1. The highest BCUT2D eigenvalue weighted by atomic mass is 16.5. The van der Waals surface area contributed by atoms with Gasteiger partial charge in [0.1, 0.15) is 0 Å². The molecule has 1 fully saturated rings. The van der Waals surface area contributed by atoms with Gasteiger partial charge >= 0.3 is 0 Å². The van der Waals surface area contributed by atoms with Gasteiger partial charge in [-0.05, 0) is 19.1 Å². The molecule has 4 N–H and O–H groups in total. The van der Waals surface area contributed by atoms with E-state index in [1.165, 1.54) is 12.1 Å². The molecule has 2 atom stereocenters. The molecule has 6 nitrogen and oxygen atoms in total. The number of nitrogens with two attached hydrogens (primary N) is 1. The van der Waals surface area contributed by atoms with Crippen molar-refractivity contribution in [2.24, 2.45) is 0 Å². The highest BCUT2D eigenvalue weighted by molar-refractivity contribution is 5.98. The quantitative estimate of drug-likeness (QED) is 0.525. The fourth-order valence-corrected chi connectivity index (χ4v) is 2.22. The Morgan fingerprint density at radius 3 is 2.95 bits per heavy atom. The van der Waals surface area contributed by atoms with E-state index in [4.69, 9.17) is 15.6 Å². The fraction of sp³-hybridized carbons (Fsp3) is 0.462. The standard InChI is InChI=1S/C13H18N2O4/c1-8-5-15(6-9(7-16)19-8)13(18)10-3-2-4-11(14)12(10)17/h2-4,8-9,16-17H,5-7,14H2,1H3. The first-order valence-corrected chi connectivity index (χ1v) is 6.16. The Hall–Kier alpha value is -1.79. The molecule has 0 aromatic heterocycles. The van der Waals surface area contributed by atoms with E-state index in [0.29, 0.717) is 13.1 Å². The van der Waals surface area contributed by atoms with Crippen LogP contribution in [0.2, 0.25) is 0 Å². The lowest BCUT2D eigenvalue weighted by Gasteiger charge is -2.36. The van der Waals surface area contributed by atoms with E-state index in [1.807, 2.05) is 6.92 Å². The molecule has 1 aliphatic heterocycles. The van der Waals surface area contributed by atoms with Gasteiger partial charge in [-0.3, -0.25) is 4.79 Å². The van der Waals surface area contributed by atoms with Gasteiger partial charge < -0.3 is 25.6 Å². The van der Waals surface area contributed by atoms with E-state index >= 15 is 0 Å². The van der Waals surface area contributed by atoms with E-state index in [-0.39, 0.29) is 35.6 Å². The Morgan fingerprint density at radius 2 is 2.26 bits per heavy atom. The van der Waals surface area contributed by atoms with Crippen LogP contribution >= 0.6 is 0 Å². The number of aliphatic hydroxyl groups is 1. The monoisotopic (exact) mass is 266 g/mol. The first kappa shape index (κ1) is 13.6. The second-order valence-corrected chi connectivity index (χ2v) is 4.70. The minimum absolute atomic E-state index is 0.142. The number of morpholine rings is 1. The van der Waals surface area contributed by atoms with Crippen LogP contribution in [0.3, 0.4) is 0 Å². The summed E-state index contributed by atoms with van der Waals surface area (Å²) >= 11 is 0. The van der Waals surface area contributed by atoms with Crippen LogP contribution in [0.1, 0.15) is 17.3 Å². The summed E-state index contributed by atoms with van der Waals surface area (Å²) in [4.78, 5) is 13.9. The van der Waals surface area contributed by atoms with Crippen molar-refractivity contribution < 1.29 is 19.7 Å².